The Morgan fingerprint density at radius 1 is 1.24 bits per heavy atom. The lowest BCUT2D eigenvalue weighted by Crippen LogP contribution is -2.55. The number of hydrogen-bond acceptors (Lipinski definition) is 6. The molecule has 37 heavy (non-hydrogen) atoms. The Labute approximate surface area is 219 Å². The third-order valence-corrected chi connectivity index (χ3v) is 7.96. The van der Waals surface area contributed by atoms with E-state index in [-0.39, 0.29) is 18.4 Å². The molecule has 10 heteroatoms. The van der Waals surface area contributed by atoms with E-state index in [1.165, 1.54) is 11.0 Å². The molecule has 1 saturated carbocycles. The van der Waals surface area contributed by atoms with Crippen LogP contribution in [0.15, 0.2) is 18.2 Å². The van der Waals surface area contributed by atoms with E-state index in [4.69, 9.17) is 14.0 Å². The van der Waals surface area contributed by atoms with Crippen LogP contribution in [0.3, 0.4) is 0 Å². The van der Waals surface area contributed by atoms with Crippen molar-refractivity contribution in [1.29, 1.82) is 5.26 Å². The van der Waals surface area contributed by atoms with Gasteiger partial charge in [0.1, 0.15) is 23.5 Å². The van der Waals surface area contributed by atoms with Gasteiger partial charge in [-0.1, -0.05) is 12.1 Å². The molecule has 0 unspecified atom stereocenters. The first kappa shape index (κ1) is 27.4. The molecule has 0 radical (unpaired) electrons. The van der Waals surface area contributed by atoms with Crippen LogP contribution in [0.5, 0.6) is 0 Å². The molecule has 1 aromatic carbocycles. The van der Waals surface area contributed by atoms with E-state index in [2.05, 4.69) is 11.4 Å². The molecule has 0 aromatic heterocycles. The fourth-order valence-electron chi connectivity index (χ4n) is 5.36. The van der Waals surface area contributed by atoms with Crippen molar-refractivity contribution < 1.29 is 28.0 Å². The summed E-state index contributed by atoms with van der Waals surface area (Å²) < 4.78 is 32.6. The highest BCUT2D eigenvalue weighted by Gasteiger charge is 2.53. The van der Waals surface area contributed by atoms with E-state index in [0.29, 0.717) is 11.0 Å². The summed E-state index contributed by atoms with van der Waals surface area (Å²) in [4.78, 5) is 27.7. The summed E-state index contributed by atoms with van der Waals surface area (Å²) in [6.45, 7) is 13.1. The predicted octanol–water partition coefficient (Wildman–Crippen LogP) is 3.46. The number of piperidine rings is 1. The maximum Gasteiger partial charge on any atom is 0.494 e. The minimum atomic E-state index is -0.954. The van der Waals surface area contributed by atoms with Crippen molar-refractivity contribution in [1.82, 2.24) is 10.2 Å². The molecule has 3 aliphatic rings. The number of fused-ring (bicyclic) bond motifs is 2. The summed E-state index contributed by atoms with van der Waals surface area (Å²) in [5, 5.41) is 12.5. The monoisotopic (exact) mass is 513 g/mol. The van der Waals surface area contributed by atoms with Gasteiger partial charge in [-0.15, -0.1) is 0 Å². The number of likely N-dealkylation sites (tertiary alicyclic amines) is 1. The zero-order chi connectivity index (χ0) is 27.3. The van der Waals surface area contributed by atoms with E-state index in [1.54, 1.807) is 32.9 Å². The predicted molar refractivity (Wildman–Crippen MR) is 136 cm³/mol. The molecule has 2 bridgehead atoms. The summed E-state index contributed by atoms with van der Waals surface area (Å²) >= 11 is 0. The van der Waals surface area contributed by atoms with Crippen LogP contribution in [0.2, 0.25) is 0 Å². The Morgan fingerprint density at radius 3 is 2.46 bits per heavy atom. The lowest BCUT2D eigenvalue weighted by Gasteiger charge is -2.35. The second-order valence-electron chi connectivity index (χ2n) is 12.4. The smallest absolute Gasteiger partial charge is 0.444 e. The van der Waals surface area contributed by atoms with Crippen LogP contribution in [0.25, 0.3) is 0 Å². The van der Waals surface area contributed by atoms with Gasteiger partial charge >= 0.3 is 13.2 Å². The van der Waals surface area contributed by atoms with E-state index >= 15 is 4.39 Å². The van der Waals surface area contributed by atoms with E-state index in [0.717, 1.165) is 19.3 Å². The highest BCUT2D eigenvalue weighted by atomic mass is 19.1. The average Bonchev–Trinajstić information content (AvgIpc) is 3.44. The molecule has 2 heterocycles. The second-order valence-corrected chi connectivity index (χ2v) is 12.4. The van der Waals surface area contributed by atoms with Crippen LogP contribution in [-0.2, 0) is 25.3 Å². The van der Waals surface area contributed by atoms with Crippen molar-refractivity contribution in [2.75, 3.05) is 0 Å². The standard InChI is InChI=1S/C27H37BFN3O5/c1-25(2,3)35-24(34)32-20-11-9-17(13-20)22(32)23(33)31-19(15-30)12-16-8-10-18(14-21(16)29)28-36-26(4,5)27(6,7)37-28/h8,10,14,17,19-20,22H,9,11-13H2,1-7H3,(H,31,33)/t17-,19-,20+,22-/m0/s1. The van der Waals surface area contributed by atoms with E-state index in [1.807, 2.05) is 27.7 Å². The number of amides is 2. The molecule has 2 aliphatic heterocycles. The Hall–Kier alpha value is -2.64. The number of halogens is 1. The van der Waals surface area contributed by atoms with Crippen LogP contribution in [-0.4, -0.2) is 58.9 Å². The fourth-order valence-corrected chi connectivity index (χ4v) is 5.36. The summed E-state index contributed by atoms with van der Waals surface area (Å²) in [6.07, 6.45) is 1.89. The van der Waals surface area contributed by atoms with Gasteiger partial charge in [-0.25, -0.2) is 9.18 Å². The van der Waals surface area contributed by atoms with Crippen molar-refractivity contribution in [2.45, 2.75) is 109 Å². The third kappa shape index (κ3) is 5.48. The Balaban J connectivity index is 1.43. The molecule has 3 fully saturated rings. The number of hydrogen-bond donors (Lipinski definition) is 1. The first-order chi connectivity index (χ1) is 17.1. The summed E-state index contributed by atoms with van der Waals surface area (Å²) in [5.74, 6) is -0.885. The first-order valence-electron chi connectivity index (χ1n) is 13.0. The number of ether oxygens (including phenoxy) is 1. The Kier molecular flexibility index (Phi) is 7.10. The number of nitrogens with one attached hydrogen (secondary N) is 1. The van der Waals surface area contributed by atoms with Crippen LogP contribution in [0, 0.1) is 23.1 Å². The third-order valence-electron chi connectivity index (χ3n) is 7.96. The summed E-state index contributed by atoms with van der Waals surface area (Å²) in [5.41, 5.74) is -0.929. The van der Waals surface area contributed by atoms with E-state index < -0.39 is 53.8 Å². The zero-order valence-corrected chi connectivity index (χ0v) is 22.8. The molecule has 4 rings (SSSR count). The molecule has 1 N–H and O–H groups in total. The van der Waals surface area contributed by atoms with E-state index in [9.17, 15) is 14.9 Å². The highest BCUT2D eigenvalue weighted by Crippen LogP contribution is 2.43. The molecule has 1 aromatic rings. The Bertz CT molecular complexity index is 1100. The largest absolute Gasteiger partial charge is 0.494 e. The average molecular weight is 513 g/mol. The topological polar surface area (TPSA) is 101 Å². The lowest BCUT2D eigenvalue weighted by molar-refractivity contribution is -0.128. The fraction of sp³-hybridized carbons (Fsp3) is 0.667. The molecule has 4 atom stereocenters. The normalized spacial score (nSPS) is 26.6. The molecular weight excluding hydrogens is 476 g/mol. The van der Waals surface area contributed by atoms with Crippen molar-refractivity contribution in [3.05, 3.63) is 29.6 Å². The minimum absolute atomic E-state index is 0.00896. The summed E-state index contributed by atoms with van der Waals surface area (Å²) in [6, 6.07) is 5.04. The van der Waals surface area contributed by atoms with Gasteiger partial charge < -0.3 is 19.4 Å². The molecule has 200 valence electrons. The van der Waals surface area contributed by atoms with Gasteiger partial charge in [0.2, 0.25) is 5.91 Å². The van der Waals surface area contributed by atoms with Crippen molar-refractivity contribution >= 4 is 24.6 Å². The highest BCUT2D eigenvalue weighted by molar-refractivity contribution is 6.62. The quantitative estimate of drug-likeness (QED) is 0.606. The minimum Gasteiger partial charge on any atom is -0.444 e. The Morgan fingerprint density at radius 2 is 1.89 bits per heavy atom. The van der Waals surface area contributed by atoms with Gasteiger partial charge in [0, 0.05) is 12.5 Å². The SMILES string of the molecule is CC(C)(C)OC(=O)N1[C@@H]2CC[C@@H](C2)[C@H]1C(=O)N[C@H](C#N)Cc1ccc(B2OC(C)(C)C(C)(C)O2)cc1F. The zero-order valence-electron chi connectivity index (χ0n) is 22.8. The molecule has 2 amide bonds. The van der Waals surface area contributed by atoms with Gasteiger partial charge in [-0.05, 0) is 90.7 Å². The maximum atomic E-state index is 15.1. The molecule has 2 saturated heterocycles. The number of rotatable bonds is 5. The van der Waals surface area contributed by atoms with Gasteiger partial charge in [-0.2, -0.15) is 5.26 Å². The number of benzene rings is 1. The number of carbonyl (C=O) groups is 2. The molecular formula is C27H37BFN3O5. The summed E-state index contributed by atoms with van der Waals surface area (Å²) in [7, 11) is -0.698. The van der Waals surface area contributed by atoms with Gasteiger partial charge in [0.05, 0.1) is 17.3 Å². The van der Waals surface area contributed by atoms with Gasteiger partial charge in [0.15, 0.2) is 0 Å². The second kappa shape index (κ2) is 9.59. The van der Waals surface area contributed by atoms with Crippen molar-refractivity contribution in [2.24, 2.45) is 5.92 Å². The number of nitriles is 1. The lowest BCUT2D eigenvalue weighted by atomic mass is 9.78. The number of nitrogens with zero attached hydrogens (tertiary/aromatic N) is 2. The first-order valence-corrected chi connectivity index (χ1v) is 13.0. The number of carbonyl (C=O) groups excluding carboxylic acids is 2. The van der Waals surface area contributed by atoms with Gasteiger partial charge in [-0.3, -0.25) is 9.69 Å². The van der Waals surface area contributed by atoms with Gasteiger partial charge in [0.25, 0.3) is 0 Å². The maximum absolute atomic E-state index is 15.1. The van der Waals surface area contributed by atoms with Crippen molar-refractivity contribution in [3.8, 4) is 6.07 Å². The van der Waals surface area contributed by atoms with Crippen LogP contribution >= 0.6 is 0 Å². The van der Waals surface area contributed by atoms with Crippen LogP contribution in [0.4, 0.5) is 9.18 Å². The molecule has 0 spiro atoms. The van der Waals surface area contributed by atoms with Crippen LogP contribution < -0.4 is 10.8 Å². The van der Waals surface area contributed by atoms with Crippen LogP contribution in [0.1, 0.15) is 73.3 Å². The van der Waals surface area contributed by atoms with Crippen molar-refractivity contribution in [3.63, 3.8) is 0 Å². The molecule has 8 nitrogen and oxygen atoms in total. The molecule has 1 aliphatic carbocycles.